The Balaban J connectivity index is 2.50. The van der Waals surface area contributed by atoms with Crippen molar-refractivity contribution in [3.05, 3.63) is 57.7 Å². The molecule has 1 heterocycles. The van der Waals surface area contributed by atoms with E-state index in [-0.39, 0.29) is 16.4 Å². The van der Waals surface area contributed by atoms with Crippen LogP contribution in [0.15, 0.2) is 47.1 Å². The molecule has 0 aliphatic heterocycles. The number of alkyl halides is 3. The molecule has 2 aromatic rings. The van der Waals surface area contributed by atoms with E-state index >= 15 is 0 Å². The zero-order chi connectivity index (χ0) is 20.2. The third-order valence-corrected chi connectivity index (χ3v) is 4.18. The molecule has 6 nitrogen and oxygen atoms in total. The first kappa shape index (κ1) is 21.0. The number of ether oxygens (including phenoxy) is 1. The molecule has 1 atom stereocenters. The lowest BCUT2D eigenvalue weighted by Gasteiger charge is -2.34. The van der Waals surface area contributed by atoms with Crippen LogP contribution in [0.5, 0.6) is 0 Å². The van der Waals surface area contributed by atoms with Crippen molar-refractivity contribution in [3.63, 3.8) is 0 Å². The van der Waals surface area contributed by atoms with E-state index in [1.165, 1.54) is 42.6 Å². The number of carbonyl (C=O) groups is 2. The molecule has 1 aromatic heterocycles. The van der Waals surface area contributed by atoms with Crippen LogP contribution in [-0.4, -0.2) is 35.8 Å². The Kier molecular flexibility index (Phi) is 6.32. The molecule has 0 radical (unpaired) electrons. The molecule has 1 amide bonds. The molecule has 2 rings (SSSR count). The average molecular weight is 467 g/mol. The first-order valence-corrected chi connectivity index (χ1v) is 8.40. The van der Waals surface area contributed by atoms with Gasteiger partial charge < -0.3 is 15.4 Å². The summed E-state index contributed by atoms with van der Waals surface area (Å²) in [4.78, 5) is 28.3. The fourth-order valence-electron chi connectivity index (χ4n) is 2.07. The number of hydrogen-bond acceptors (Lipinski definition) is 5. The highest BCUT2D eigenvalue weighted by atomic mass is 79.9. The molecule has 0 fully saturated rings. The van der Waals surface area contributed by atoms with Crippen molar-refractivity contribution < 1.29 is 27.5 Å². The van der Waals surface area contributed by atoms with Crippen molar-refractivity contribution in [2.24, 2.45) is 0 Å². The lowest BCUT2D eigenvalue weighted by Crippen LogP contribution is -2.69. The summed E-state index contributed by atoms with van der Waals surface area (Å²) in [6.45, 7) is 0. The van der Waals surface area contributed by atoms with E-state index in [1.54, 1.807) is 5.32 Å². The van der Waals surface area contributed by atoms with Crippen LogP contribution in [0.1, 0.15) is 10.4 Å². The van der Waals surface area contributed by atoms with Crippen LogP contribution in [0.2, 0.25) is 5.02 Å². The van der Waals surface area contributed by atoms with E-state index in [0.29, 0.717) is 4.47 Å². The number of esters is 1. The summed E-state index contributed by atoms with van der Waals surface area (Å²) in [6.07, 6.45) is -4.05. The number of benzene rings is 1. The molecule has 0 spiro atoms. The molecule has 2 N–H and O–H groups in total. The maximum Gasteiger partial charge on any atom is 0.441 e. The van der Waals surface area contributed by atoms with Gasteiger partial charge in [-0.3, -0.25) is 4.79 Å². The van der Waals surface area contributed by atoms with Gasteiger partial charge in [-0.05, 0) is 40.2 Å². The Hall–Kier alpha value is -2.33. The second kappa shape index (κ2) is 8.13. The Bertz CT molecular complexity index is 849. The summed E-state index contributed by atoms with van der Waals surface area (Å²) in [6, 6.07) is 8.05. The molecular weight excluding hydrogens is 455 g/mol. The molecule has 0 saturated heterocycles. The van der Waals surface area contributed by atoms with Gasteiger partial charge in [-0.1, -0.05) is 23.7 Å². The second-order valence-corrected chi connectivity index (χ2v) is 6.48. The molecule has 144 valence electrons. The summed E-state index contributed by atoms with van der Waals surface area (Å²) in [5, 5.41) is 3.49. The number of amides is 1. The van der Waals surface area contributed by atoms with Gasteiger partial charge in [0.25, 0.3) is 5.91 Å². The molecule has 0 saturated carbocycles. The van der Waals surface area contributed by atoms with Crippen LogP contribution in [0.25, 0.3) is 0 Å². The number of rotatable bonds is 5. The van der Waals surface area contributed by atoms with E-state index < -0.39 is 23.7 Å². The lowest BCUT2D eigenvalue weighted by molar-refractivity contribution is -0.203. The summed E-state index contributed by atoms with van der Waals surface area (Å²) in [5.41, 5.74) is -3.83. The van der Waals surface area contributed by atoms with Crippen LogP contribution >= 0.6 is 27.5 Å². The standard InChI is InChI=1S/C16H12BrClF3N3O3/c1-27-14(26)15(16(19,20)21,23-12-7-6-9(17)8-22-12)24-13(25)10-4-2-3-5-11(10)18/h2-8H,1H3,(H,22,23)(H,24,25). The first-order valence-electron chi connectivity index (χ1n) is 7.22. The van der Waals surface area contributed by atoms with Gasteiger partial charge in [0.2, 0.25) is 0 Å². The minimum Gasteiger partial charge on any atom is -0.466 e. The number of anilines is 1. The van der Waals surface area contributed by atoms with Crippen LogP contribution in [0, 0.1) is 0 Å². The predicted octanol–water partition coefficient (Wildman–Crippen LogP) is 3.77. The van der Waals surface area contributed by atoms with Crippen molar-refractivity contribution in [1.29, 1.82) is 0 Å². The molecule has 0 aliphatic carbocycles. The number of methoxy groups -OCH3 is 1. The van der Waals surface area contributed by atoms with Crippen LogP contribution in [0.3, 0.4) is 0 Å². The van der Waals surface area contributed by atoms with Crippen molar-refractivity contribution in [2.75, 3.05) is 12.4 Å². The zero-order valence-corrected chi connectivity index (χ0v) is 15.9. The van der Waals surface area contributed by atoms with E-state index in [4.69, 9.17) is 11.6 Å². The number of nitrogens with zero attached hydrogens (tertiary/aromatic N) is 1. The highest BCUT2D eigenvalue weighted by Crippen LogP contribution is 2.33. The van der Waals surface area contributed by atoms with Gasteiger partial charge in [-0.15, -0.1) is 0 Å². The van der Waals surface area contributed by atoms with Gasteiger partial charge in [0.1, 0.15) is 5.82 Å². The van der Waals surface area contributed by atoms with Crippen LogP contribution < -0.4 is 10.6 Å². The monoisotopic (exact) mass is 465 g/mol. The summed E-state index contributed by atoms with van der Waals surface area (Å²) >= 11 is 8.95. The fourth-order valence-corrected chi connectivity index (χ4v) is 2.52. The van der Waals surface area contributed by atoms with E-state index in [1.807, 2.05) is 5.32 Å². The van der Waals surface area contributed by atoms with Gasteiger partial charge in [0.15, 0.2) is 0 Å². The van der Waals surface area contributed by atoms with Gasteiger partial charge in [-0.2, -0.15) is 13.2 Å². The van der Waals surface area contributed by atoms with E-state index in [0.717, 1.165) is 7.11 Å². The Labute approximate surface area is 165 Å². The summed E-state index contributed by atoms with van der Waals surface area (Å²) in [5.74, 6) is -3.33. The highest BCUT2D eigenvalue weighted by molar-refractivity contribution is 9.10. The maximum absolute atomic E-state index is 13.9. The number of pyridine rings is 1. The minimum absolute atomic E-state index is 0.0855. The smallest absolute Gasteiger partial charge is 0.441 e. The van der Waals surface area contributed by atoms with E-state index in [9.17, 15) is 22.8 Å². The van der Waals surface area contributed by atoms with Crippen molar-refractivity contribution in [1.82, 2.24) is 10.3 Å². The fraction of sp³-hybridized carbons (Fsp3) is 0.188. The quantitative estimate of drug-likeness (QED) is 0.518. The average Bonchev–Trinajstić information content (AvgIpc) is 2.61. The molecule has 0 bridgehead atoms. The topological polar surface area (TPSA) is 80.3 Å². The van der Waals surface area contributed by atoms with Gasteiger partial charge >= 0.3 is 17.8 Å². The third kappa shape index (κ3) is 4.51. The summed E-state index contributed by atoms with van der Waals surface area (Å²) in [7, 11) is 0.765. The van der Waals surface area contributed by atoms with E-state index in [2.05, 4.69) is 25.7 Å². The Morgan fingerprint density at radius 3 is 2.37 bits per heavy atom. The lowest BCUT2D eigenvalue weighted by atomic mass is 10.1. The van der Waals surface area contributed by atoms with Gasteiger partial charge in [0, 0.05) is 10.7 Å². The number of halogens is 5. The Morgan fingerprint density at radius 2 is 1.85 bits per heavy atom. The molecule has 11 heteroatoms. The van der Waals surface area contributed by atoms with Gasteiger partial charge in [-0.25, -0.2) is 9.78 Å². The molecular formula is C16H12BrClF3N3O3. The number of aromatic nitrogens is 1. The molecule has 0 aliphatic rings. The highest BCUT2D eigenvalue weighted by Gasteiger charge is 2.63. The largest absolute Gasteiger partial charge is 0.466 e. The summed E-state index contributed by atoms with van der Waals surface area (Å²) < 4.78 is 46.5. The number of carbonyl (C=O) groups excluding carboxylic acids is 2. The number of hydrogen-bond donors (Lipinski definition) is 2. The van der Waals surface area contributed by atoms with Crippen molar-refractivity contribution in [2.45, 2.75) is 11.8 Å². The third-order valence-electron chi connectivity index (χ3n) is 3.38. The molecule has 27 heavy (non-hydrogen) atoms. The Morgan fingerprint density at radius 1 is 1.19 bits per heavy atom. The molecule has 1 aromatic carbocycles. The first-order chi connectivity index (χ1) is 12.6. The SMILES string of the molecule is COC(=O)C(NC(=O)c1ccccc1Cl)(Nc1ccc(Br)cn1)C(F)(F)F. The normalized spacial score (nSPS) is 13.4. The molecule has 1 unspecified atom stereocenters. The van der Waals surface area contributed by atoms with Crippen LogP contribution in [-0.2, 0) is 9.53 Å². The second-order valence-electron chi connectivity index (χ2n) is 5.16. The zero-order valence-electron chi connectivity index (χ0n) is 13.6. The number of nitrogens with one attached hydrogen (secondary N) is 2. The van der Waals surface area contributed by atoms with Crippen molar-refractivity contribution >= 4 is 45.2 Å². The minimum atomic E-state index is -5.27. The maximum atomic E-state index is 13.9. The van der Waals surface area contributed by atoms with Gasteiger partial charge in [0.05, 0.1) is 17.7 Å². The van der Waals surface area contributed by atoms with Crippen molar-refractivity contribution in [3.8, 4) is 0 Å². The van der Waals surface area contributed by atoms with Crippen LogP contribution in [0.4, 0.5) is 19.0 Å². The predicted molar refractivity (Wildman–Crippen MR) is 95.3 cm³/mol.